The Morgan fingerprint density at radius 2 is 1.53 bits per heavy atom. The number of aryl methyl sites for hydroxylation is 2. The highest BCUT2D eigenvalue weighted by Gasteiger charge is 1.96. The standard InChI is InChI=1S/C16H19N/c1-13-10-14(2)12-16(11-13)17-9-8-15-6-4-3-5-7-15/h3-7,10-12,17H,8-9H2,1-2H3. The minimum absolute atomic E-state index is 0.979. The van der Waals surface area contributed by atoms with Gasteiger partial charge in [0.05, 0.1) is 0 Å². The van der Waals surface area contributed by atoms with Crippen LogP contribution in [0.5, 0.6) is 0 Å². The number of nitrogens with one attached hydrogen (secondary N) is 1. The van der Waals surface area contributed by atoms with Crippen molar-refractivity contribution in [2.75, 3.05) is 11.9 Å². The van der Waals surface area contributed by atoms with E-state index in [0.29, 0.717) is 0 Å². The monoisotopic (exact) mass is 225 g/mol. The topological polar surface area (TPSA) is 12.0 Å². The Hall–Kier alpha value is -1.76. The first-order chi connectivity index (χ1) is 8.24. The lowest BCUT2D eigenvalue weighted by Gasteiger charge is -2.08. The van der Waals surface area contributed by atoms with Crippen LogP contribution in [0.3, 0.4) is 0 Å². The van der Waals surface area contributed by atoms with Gasteiger partial charge in [-0.2, -0.15) is 0 Å². The van der Waals surface area contributed by atoms with Gasteiger partial charge in [-0.3, -0.25) is 0 Å². The second-order valence-electron chi connectivity index (χ2n) is 4.54. The number of hydrogen-bond acceptors (Lipinski definition) is 1. The van der Waals surface area contributed by atoms with Crippen molar-refractivity contribution >= 4 is 5.69 Å². The van der Waals surface area contributed by atoms with E-state index in [2.05, 4.69) is 67.7 Å². The molecule has 0 aromatic heterocycles. The Kier molecular flexibility index (Phi) is 3.81. The van der Waals surface area contributed by atoms with Crippen LogP contribution in [0.25, 0.3) is 0 Å². The largest absolute Gasteiger partial charge is 0.385 e. The summed E-state index contributed by atoms with van der Waals surface area (Å²) < 4.78 is 0. The van der Waals surface area contributed by atoms with Gasteiger partial charge in [0.25, 0.3) is 0 Å². The second kappa shape index (κ2) is 5.53. The zero-order valence-electron chi connectivity index (χ0n) is 10.5. The lowest BCUT2D eigenvalue weighted by molar-refractivity contribution is 1.02. The maximum Gasteiger partial charge on any atom is 0.0345 e. The number of rotatable bonds is 4. The van der Waals surface area contributed by atoms with Crippen molar-refractivity contribution in [2.24, 2.45) is 0 Å². The Bertz CT molecular complexity index is 454. The molecule has 17 heavy (non-hydrogen) atoms. The van der Waals surface area contributed by atoms with Crippen LogP contribution >= 0.6 is 0 Å². The van der Waals surface area contributed by atoms with Crippen LogP contribution in [-0.2, 0) is 6.42 Å². The van der Waals surface area contributed by atoms with Gasteiger partial charge in [0.2, 0.25) is 0 Å². The minimum Gasteiger partial charge on any atom is -0.385 e. The smallest absolute Gasteiger partial charge is 0.0345 e. The zero-order valence-corrected chi connectivity index (χ0v) is 10.5. The van der Waals surface area contributed by atoms with Gasteiger partial charge in [0.1, 0.15) is 0 Å². The van der Waals surface area contributed by atoms with Crippen LogP contribution in [0, 0.1) is 13.8 Å². The molecule has 2 aromatic rings. The highest BCUT2D eigenvalue weighted by Crippen LogP contribution is 2.13. The SMILES string of the molecule is Cc1cc(C)cc(NCCc2ccccc2)c1. The van der Waals surface area contributed by atoms with E-state index in [1.54, 1.807) is 0 Å². The van der Waals surface area contributed by atoms with E-state index in [1.165, 1.54) is 22.4 Å². The van der Waals surface area contributed by atoms with Crippen LogP contribution in [0.2, 0.25) is 0 Å². The molecule has 0 fully saturated rings. The maximum atomic E-state index is 3.47. The molecule has 0 bridgehead atoms. The van der Waals surface area contributed by atoms with Crippen molar-refractivity contribution in [1.82, 2.24) is 0 Å². The molecule has 1 nitrogen and oxygen atoms in total. The summed E-state index contributed by atoms with van der Waals surface area (Å²) in [7, 11) is 0. The van der Waals surface area contributed by atoms with Gasteiger partial charge in [-0.1, -0.05) is 36.4 Å². The van der Waals surface area contributed by atoms with Crippen molar-refractivity contribution in [3.63, 3.8) is 0 Å². The lowest BCUT2D eigenvalue weighted by Crippen LogP contribution is -2.05. The number of benzene rings is 2. The molecule has 0 aliphatic heterocycles. The van der Waals surface area contributed by atoms with Gasteiger partial charge in [-0.25, -0.2) is 0 Å². The van der Waals surface area contributed by atoms with E-state index in [1.807, 2.05) is 0 Å². The Balaban J connectivity index is 1.90. The van der Waals surface area contributed by atoms with E-state index < -0.39 is 0 Å². The summed E-state index contributed by atoms with van der Waals surface area (Å²) in [6.45, 7) is 5.25. The van der Waals surface area contributed by atoms with Crippen molar-refractivity contribution in [3.05, 3.63) is 65.2 Å². The molecule has 0 aliphatic carbocycles. The summed E-state index contributed by atoms with van der Waals surface area (Å²) in [6, 6.07) is 17.2. The van der Waals surface area contributed by atoms with Gasteiger partial charge in [0.15, 0.2) is 0 Å². The van der Waals surface area contributed by atoms with Crippen molar-refractivity contribution < 1.29 is 0 Å². The molecule has 0 spiro atoms. The fraction of sp³-hybridized carbons (Fsp3) is 0.250. The van der Waals surface area contributed by atoms with Gasteiger partial charge < -0.3 is 5.32 Å². The molecular formula is C16H19N. The molecule has 0 atom stereocenters. The van der Waals surface area contributed by atoms with Crippen molar-refractivity contribution in [2.45, 2.75) is 20.3 Å². The average Bonchev–Trinajstić information content (AvgIpc) is 2.29. The van der Waals surface area contributed by atoms with Gasteiger partial charge in [0, 0.05) is 12.2 Å². The molecule has 0 amide bonds. The predicted octanol–water partition coefficient (Wildman–Crippen LogP) is 3.96. The average molecular weight is 225 g/mol. The summed E-state index contributed by atoms with van der Waals surface area (Å²) >= 11 is 0. The third kappa shape index (κ3) is 3.63. The molecule has 0 unspecified atom stereocenters. The molecule has 1 N–H and O–H groups in total. The summed E-state index contributed by atoms with van der Waals surface area (Å²) in [6.07, 6.45) is 1.06. The number of hydrogen-bond donors (Lipinski definition) is 1. The first-order valence-electron chi connectivity index (χ1n) is 6.10. The Morgan fingerprint density at radius 1 is 0.882 bits per heavy atom. The summed E-state index contributed by atoms with van der Waals surface area (Å²) in [5.41, 5.74) is 5.22. The molecular weight excluding hydrogens is 206 g/mol. The van der Waals surface area contributed by atoms with Gasteiger partial charge in [-0.05, 0) is 49.1 Å². The van der Waals surface area contributed by atoms with Gasteiger partial charge in [-0.15, -0.1) is 0 Å². The first-order valence-corrected chi connectivity index (χ1v) is 6.10. The molecule has 2 rings (SSSR count). The van der Waals surface area contributed by atoms with E-state index in [9.17, 15) is 0 Å². The van der Waals surface area contributed by atoms with Crippen molar-refractivity contribution in [3.8, 4) is 0 Å². The van der Waals surface area contributed by atoms with Gasteiger partial charge >= 0.3 is 0 Å². The zero-order chi connectivity index (χ0) is 12.1. The highest BCUT2D eigenvalue weighted by molar-refractivity contribution is 5.48. The first kappa shape index (κ1) is 11.7. The fourth-order valence-electron chi connectivity index (χ4n) is 2.07. The lowest BCUT2D eigenvalue weighted by atomic mass is 10.1. The molecule has 1 heteroatoms. The van der Waals surface area contributed by atoms with Crippen LogP contribution in [0.15, 0.2) is 48.5 Å². The Labute approximate surface area is 103 Å². The third-order valence-corrected chi connectivity index (χ3v) is 2.81. The van der Waals surface area contributed by atoms with Crippen LogP contribution < -0.4 is 5.32 Å². The Morgan fingerprint density at radius 3 is 2.18 bits per heavy atom. The summed E-state index contributed by atoms with van der Waals surface area (Å²) in [5.74, 6) is 0. The van der Waals surface area contributed by atoms with E-state index in [0.717, 1.165) is 13.0 Å². The van der Waals surface area contributed by atoms with Crippen LogP contribution in [0.4, 0.5) is 5.69 Å². The van der Waals surface area contributed by atoms with E-state index in [4.69, 9.17) is 0 Å². The molecule has 2 aromatic carbocycles. The predicted molar refractivity (Wildman–Crippen MR) is 74.6 cm³/mol. The fourth-order valence-corrected chi connectivity index (χ4v) is 2.07. The molecule has 0 radical (unpaired) electrons. The highest BCUT2D eigenvalue weighted by atomic mass is 14.9. The van der Waals surface area contributed by atoms with Crippen LogP contribution in [-0.4, -0.2) is 6.54 Å². The normalized spacial score (nSPS) is 10.2. The van der Waals surface area contributed by atoms with E-state index in [-0.39, 0.29) is 0 Å². The molecule has 0 saturated carbocycles. The quantitative estimate of drug-likeness (QED) is 0.830. The number of anilines is 1. The maximum absolute atomic E-state index is 3.47. The molecule has 0 heterocycles. The second-order valence-corrected chi connectivity index (χ2v) is 4.54. The van der Waals surface area contributed by atoms with E-state index >= 15 is 0 Å². The van der Waals surface area contributed by atoms with Crippen molar-refractivity contribution in [1.29, 1.82) is 0 Å². The third-order valence-electron chi connectivity index (χ3n) is 2.81. The minimum atomic E-state index is 0.979. The summed E-state index contributed by atoms with van der Waals surface area (Å²) in [4.78, 5) is 0. The molecule has 0 aliphatic rings. The van der Waals surface area contributed by atoms with Crippen LogP contribution in [0.1, 0.15) is 16.7 Å². The molecule has 0 saturated heterocycles. The summed E-state index contributed by atoms with van der Waals surface area (Å²) in [5, 5.41) is 3.47. The molecule has 88 valence electrons.